The Morgan fingerprint density at radius 3 is 2.35 bits per heavy atom. The van der Waals surface area contributed by atoms with Crippen LogP contribution in [0.1, 0.15) is 77.8 Å². The van der Waals surface area contributed by atoms with Crippen molar-refractivity contribution >= 4 is 0 Å². The molecule has 98 valence electrons. The highest BCUT2D eigenvalue weighted by atomic mass is 15.3. The summed E-state index contributed by atoms with van der Waals surface area (Å²) in [5.74, 6) is 0. The summed E-state index contributed by atoms with van der Waals surface area (Å²) in [6.07, 6.45) is 12.2. The Hall–Kier alpha value is -0.860. The van der Waals surface area contributed by atoms with Crippen molar-refractivity contribution < 1.29 is 0 Å². The van der Waals surface area contributed by atoms with E-state index in [2.05, 4.69) is 36.2 Å². The Bertz CT molecular complexity index is 282. The zero-order chi connectivity index (χ0) is 12.6. The predicted octanol–water partition coefficient (Wildman–Crippen LogP) is 4.22. The second-order valence-corrected chi connectivity index (χ2v) is 5.34. The van der Waals surface area contributed by atoms with E-state index in [1.54, 1.807) is 0 Å². The van der Waals surface area contributed by atoms with Crippen molar-refractivity contribution in [3.63, 3.8) is 0 Å². The van der Waals surface area contributed by atoms with Crippen LogP contribution in [0.3, 0.4) is 0 Å². The maximum Gasteiger partial charge on any atom is 0.0728 e. The van der Waals surface area contributed by atoms with Crippen molar-refractivity contribution in [2.75, 3.05) is 0 Å². The number of rotatable bonds is 9. The Morgan fingerprint density at radius 1 is 1.06 bits per heavy atom. The molecular formula is C14H27N3. The van der Waals surface area contributed by atoms with Crippen molar-refractivity contribution in [3.8, 4) is 0 Å². The average Bonchev–Trinajstić information content (AvgIpc) is 2.86. The first-order chi connectivity index (χ1) is 8.23. The summed E-state index contributed by atoms with van der Waals surface area (Å²) in [5.41, 5.74) is 1.45. The fourth-order valence-electron chi connectivity index (χ4n) is 2.39. The van der Waals surface area contributed by atoms with Crippen LogP contribution in [0.2, 0.25) is 0 Å². The lowest BCUT2D eigenvalue weighted by molar-refractivity contribution is 0.359. The molecule has 0 fully saturated rings. The van der Waals surface area contributed by atoms with E-state index < -0.39 is 0 Å². The Labute approximate surface area is 105 Å². The standard InChI is InChI=1S/C14H27N3/c1-4-6-8-9-11-14(3,10-7-5-2)13-12-15-17-16-13/h12H,4-11H2,1-3H3,(H,15,16,17). The van der Waals surface area contributed by atoms with Crippen LogP contribution in [0.25, 0.3) is 0 Å². The molecule has 0 aliphatic carbocycles. The van der Waals surface area contributed by atoms with E-state index in [-0.39, 0.29) is 5.41 Å². The van der Waals surface area contributed by atoms with Gasteiger partial charge in [-0.2, -0.15) is 0 Å². The van der Waals surface area contributed by atoms with Crippen molar-refractivity contribution in [1.29, 1.82) is 0 Å². The van der Waals surface area contributed by atoms with Crippen molar-refractivity contribution in [1.82, 2.24) is 15.4 Å². The lowest BCUT2D eigenvalue weighted by atomic mass is 9.77. The molecule has 0 saturated heterocycles. The number of H-pyrrole nitrogens is 1. The summed E-state index contributed by atoms with van der Waals surface area (Å²) in [6.45, 7) is 6.86. The summed E-state index contributed by atoms with van der Waals surface area (Å²) in [5, 5.41) is 10.9. The molecule has 1 atom stereocenters. The Morgan fingerprint density at radius 2 is 1.76 bits per heavy atom. The third-order valence-corrected chi connectivity index (χ3v) is 3.73. The molecule has 0 bridgehead atoms. The van der Waals surface area contributed by atoms with Crippen LogP contribution in [-0.4, -0.2) is 15.4 Å². The highest BCUT2D eigenvalue weighted by Gasteiger charge is 2.27. The van der Waals surface area contributed by atoms with Gasteiger partial charge in [-0.15, -0.1) is 5.10 Å². The zero-order valence-corrected chi connectivity index (χ0v) is 11.6. The maximum atomic E-state index is 3.94. The van der Waals surface area contributed by atoms with E-state index in [0.717, 1.165) is 0 Å². The van der Waals surface area contributed by atoms with Gasteiger partial charge in [0.1, 0.15) is 0 Å². The number of hydrogen-bond acceptors (Lipinski definition) is 2. The molecule has 0 aromatic carbocycles. The van der Waals surface area contributed by atoms with Crippen LogP contribution in [0.5, 0.6) is 0 Å². The quantitative estimate of drug-likeness (QED) is 0.653. The molecule has 3 nitrogen and oxygen atoms in total. The van der Waals surface area contributed by atoms with Gasteiger partial charge >= 0.3 is 0 Å². The molecule has 17 heavy (non-hydrogen) atoms. The van der Waals surface area contributed by atoms with Crippen LogP contribution in [0.4, 0.5) is 0 Å². The SMILES string of the molecule is CCCCCCC(C)(CCCC)c1cnn[nH]1. The van der Waals surface area contributed by atoms with E-state index in [1.165, 1.54) is 57.1 Å². The molecule has 1 unspecified atom stereocenters. The largest absolute Gasteiger partial charge is 0.262 e. The molecule has 0 spiro atoms. The third-order valence-electron chi connectivity index (χ3n) is 3.73. The van der Waals surface area contributed by atoms with Gasteiger partial charge in [-0.1, -0.05) is 64.5 Å². The first-order valence-corrected chi connectivity index (χ1v) is 7.09. The number of hydrogen-bond donors (Lipinski definition) is 1. The number of aromatic amines is 1. The molecule has 1 heterocycles. The molecule has 0 saturated carbocycles. The van der Waals surface area contributed by atoms with E-state index in [4.69, 9.17) is 0 Å². The third kappa shape index (κ3) is 4.49. The smallest absolute Gasteiger partial charge is 0.0728 e. The van der Waals surface area contributed by atoms with Crippen LogP contribution >= 0.6 is 0 Å². The molecule has 1 aromatic heterocycles. The molecule has 0 aliphatic rings. The van der Waals surface area contributed by atoms with E-state index in [1.807, 2.05) is 6.20 Å². The number of aromatic nitrogens is 3. The van der Waals surface area contributed by atoms with Gasteiger partial charge < -0.3 is 0 Å². The molecular weight excluding hydrogens is 210 g/mol. The van der Waals surface area contributed by atoms with Gasteiger partial charge in [-0.05, 0) is 12.8 Å². The number of nitrogens with one attached hydrogen (secondary N) is 1. The van der Waals surface area contributed by atoms with Gasteiger partial charge in [0, 0.05) is 5.41 Å². The summed E-state index contributed by atoms with van der Waals surface area (Å²) >= 11 is 0. The zero-order valence-electron chi connectivity index (χ0n) is 11.6. The topological polar surface area (TPSA) is 41.6 Å². The van der Waals surface area contributed by atoms with Crippen molar-refractivity contribution in [2.45, 2.75) is 77.6 Å². The fourth-order valence-corrected chi connectivity index (χ4v) is 2.39. The highest BCUT2D eigenvalue weighted by molar-refractivity contribution is 5.09. The molecule has 0 aliphatic heterocycles. The highest BCUT2D eigenvalue weighted by Crippen LogP contribution is 2.33. The average molecular weight is 237 g/mol. The van der Waals surface area contributed by atoms with Crippen LogP contribution < -0.4 is 0 Å². The van der Waals surface area contributed by atoms with Gasteiger partial charge in [0.25, 0.3) is 0 Å². The first-order valence-electron chi connectivity index (χ1n) is 7.09. The molecule has 0 radical (unpaired) electrons. The number of nitrogens with zero attached hydrogens (tertiary/aromatic N) is 2. The second-order valence-electron chi connectivity index (χ2n) is 5.34. The van der Waals surface area contributed by atoms with E-state index in [9.17, 15) is 0 Å². The monoisotopic (exact) mass is 237 g/mol. The maximum absolute atomic E-state index is 3.94. The van der Waals surface area contributed by atoms with Crippen molar-refractivity contribution in [2.24, 2.45) is 0 Å². The summed E-state index contributed by atoms with van der Waals surface area (Å²) in [6, 6.07) is 0. The second kappa shape index (κ2) is 7.46. The summed E-state index contributed by atoms with van der Waals surface area (Å²) < 4.78 is 0. The van der Waals surface area contributed by atoms with Gasteiger partial charge in [0.15, 0.2) is 0 Å². The lowest BCUT2D eigenvalue weighted by Gasteiger charge is -2.28. The van der Waals surface area contributed by atoms with Crippen LogP contribution in [0.15, 0.2) is 6.20 Å². The van der Waals surface area contributed by atoms with Crippen LogP contribution in [-0.2, 0) is 5.41 Å². The minimum Gasteiger partial charge on any atom is -0.262 e. The Balaban J connectivity index is 2.53. The molecule has 0 amide bonds. The summed E-state index contributed by atoms with van der Waals surface area (Å²) in [4.78, 5) is 0. The number of unbranched alkanes of at least 4 members (excludes halogenated alkanes) is 4. The van der Waals surface area contributed by atoms with Gasteiger partial charge in [0.05, 0.1) is 11.9 Å². The van der Waals surface area contributed by atoms with Gasteiger partial charge in [-0.3, -0.25) is 5.10 Å². The molecule has 1 aromatic rings. The van der Waals surface area contributed by atoms with Gasteiger partial charge in [-0.25, -0.2) is 0 Å². The molecule has 3 heteroatoms. The minimum atomic E-state index is 0.243. The summed E-state index contributed by atoms with van der Waals surface area (Å²) in [7, 11) is 0. The lowest BCUT2D eigenvalue weighted by Crippen LogP contribution is -2.22. The fraction of sp³-hybridized carbons (Fsp3) is 0.857. The normalized spacial score (nSPS) is 14.8. The predicted molar refractivity (Wildman–Crippen MR) is 72.0 cm³/mol. The minimum absolute atomic E-state index is 0.243. The van der Waals surface area contributed by atoms with Crippen LogP contribution in [0, 0.1) is 0 Å². The van der Waals surface area contributed by atoms with Crippen molar-refractivity contribution in [3.05, 3.63) is 11.9 Å². The molecule has 1 rings (SSSR count). The van der Waals surface area contributed by atoms with E-state index >= 15 is 0 Å². The first kappa shape index (κ1) is 14.2. The van der Waals surface area contributed by atoms with Gasteiger partial charge in [0.2, 0.25) is 0 Å². The van der Waals surface area contributed by atoms with E-state index in [0.29, 0.717) is 0 Å². The Kier molecular flexibility index (Phi) is 6.23. The molecule has 1 N–H and O–H groups in total.